The molecule has 1 saturated heterocycles. The van der Waals surface area contributed by atoms with Crippen LogP contribution in [-0.4, -0.2) is 96.0 Å². The van der Waals surface area contributed by atoms with Crippen molar-refractivity contribution in [1.82, 2.24) is 0 Å². The molecule has 56 heavy (non-hydrogen) atoms. The lowest BCUT2D eigenvalue weighted by atomic mass is 10.00. The van der Waals surface area contributed by atoms with Crippen molar-refractivity contribution in [2.75, 3.05) is 19.0 Å². The van der Waals surface area contributed by atoms with Crippen LogP contribution < -0.4 is 0 Å². The summed E-state index contributed by atoms with van der Waals surface area (Å²) in [5.74, 6) is -2.07. The molecule has 12 nitrogen and oxygen atoms in total. The highest BCUT2D eigenvalue weighted by atomic mass is 32.2. The fraction of sp³-hybridized carbons (Fsp3) is 0.767. The average Bonchev–Trinajstić information content (AvgIpc) is 3.16. The molecule has 1 rings (SSSR count). The lowest BCUT2D eigenvalue weighted by molar-refractivity contribution is -0.297. The maximum absolute atomic E-state index is 12.7. The van der Waals surface area contributed by atoms with Crippen molar-refractivity contribution in [3.63, 3.8) is 0 Å². The van der Waals surface area contributed by atoms with E-state index in [9.17, 15) is 37.9 Å². The third kappa shape index (κ3) is 28.1. The number of allylic oxidation sites excluding steroid dienone is 8. The van der Waals surface area contributed by atoms with Gasteiger partial charge in [0.1, 0.15) is 36.8 Å². The van der Waals surface area contributed by atoms with Crippen LogP contribution in [0.2, 0.25) is 0 Å². The third-order valence-electron chi connectivity index (χ3n) is 9.38. The van der Waals surface area contributed by atoms with E-state index in [1.54, 1.807) is 0 Å². The number of aliphatic hydroxyl groups excluding tert-OH is 3. The summed E-state index contributed by atoms with van der Waals surface area (Å²) in [6, 6.07) is 0. The van der Waals surface area contributed by atoms with E-state index in [-0.39, 0.29) is 19.4 Å². The van der Waals surface area contributed by atoms with E-state index in [0.717, 1.165) is 57.8 Å². The van der Waals surface area contributed by atoms with Crippen molar-refractivity contribution in [1.29, 1.82) is 0 Å². The zero-order valence-corrected chi connectivity index (χ0v) is 35.0. The van der Waals surface area contributed by atoms with Crippen LogP contribution in [0, 0.1) is 0 Å². The van der Waals surface area contributed by atoms with Crippen LogP contribution in [0.25, 0.3) is 0 Å². The molecule has 324 valence electrons. The fourth-order valence-corrected chi connectivity index (χ4v) is 6.72. The molecule has 13 heteroatoms. The number of aliphatic hydroxyl groups is 3. The molecule has 0 radical (unpaired) electrons. The Labute approximate surface area is 337 Å². The van der Waals surface area contributed by atoms with Crippen LogP contribution in [-0.2, 0) is 38.7 Å². The summed E-state index contributed by atoms with van der Waals surface area (Å²) < 4.78 is 53.8. The highest BCUT2D eigenvalue weighted by Crippen LogP contribution is 2.24. The van der Waals surface area contributed by atoms with E-state index in [1.165, 1.54) is 51.4 Å². The molecule has 0 spiro atoms. The number of hydrogen-bond acceptors (Lipinski definition) is 11. The first kappa shape index (κ1) is 51.6. The molecule has 0 aromatic carbocycles. The summed E-state index contributed by atoms with van der Waals surface area (Å²) in [6.07, 6.45) is 28.9. The maximum Gasteiger partial charge on any atom is 0.306 e. The standard InChI is InChI=1S/C43H74O12S/c1-3-5-7-9-11-13-15-16-17-18-19-20-22-23-25-27-29-31-38(44)52-33-36(54-39(45)32-30-28-26-24-21-14-12-10-8-6-4-2)34-53-43-42(48)41(47)40(46)37(55-43)35-56(49,50)51/h10,12,16-17,19-20,23,25,36-37,40-43,46-48H,3-9,11,13-15,18,21-22,24,26-35H2,1-2H3,(H,49,50,51)/b12-10+,17-16+,20-19+,25-23+/t36-,37-,40-,41?,42?,43+/m1/s1. The van der Waals surface area contributed by atoms with Crippen molar-refractivity contribution in [3.05, 3.63) is 48.6 Å². The van der Waals surface area contributed by atoms with Gasteiger partial charge in [0.2, 0.25) is 0 Å². The number of ether oxygens (including phenoxy) is 4. The average molecular weight is 815 g/mol. The van der Waals surface area contributed by atoms with Gasteiger partial charge >= 0.3 is 11.9 Å². The molecule has 1 aliphatic rings. The molecule has 0 amide bonds. The van der Waals surface area contributed by atoms with Gasteiger partial charge in [-0.25, -0.2) is 0 Å². The van der Waals surface area contributed by atoms with Crippen LogP contribution in [0.15, 0.2) is 48.6 Å². The van der Waals surface area contributed by atoms with E-state index < -0.39 is 71.2 Å². The molecule has 1 heterocycles. The molecule has 6 atom stereocenters. The van der Waals surface area contributed by atoms with Gasteiger partial charge in [-0.05, 0) is 64.2 Å². The largest absolute Gasteiger partial charge is 0.462 e. The monoisotopic (exact) mass is 814 g/mol. The number of hydrogen-bond donors (Lipinski definition) is 4. The first-order valence-corrected chi connectivity index (χ1v) is 22.8. The quantitative estimate of drug-likeness (QED) is 0.0213. The summed E-state index contributed by atoms with van der Waals surface area (Å²) >= 11 is 0. The van der Waals surface area contributed by atoms with Crippen molar-refractivity contribution in [2.45, 2.75) is 192 Å². The van der Waals surface area contributed by atoms with Gasteiger partial charge < -0.3 is 34.3 Å². The number of esters is 2. The zero-order valence-electron chi connectivity index (χ0n) is 34.2. The Kier molecular flexibility index (Phi) is 30.9. The number of rotatable bonds is 34. The summed E-state index contributed by atoms with van der Waals surface area (Å²) in [4.78, 5) is 25.3. The van der Waals surface area contributed by atoms with E-state index in [0.29, 0.717) is 19.3 Å². The zero-order chi connectivity index (χ0) is 41.3. The van der Waals surface area contributed by atoms with Crippen LogP contribution in [0.5, 0.6) is 0 Å². The number of carbonyl (C=O) groups is 2. The molecular weight excluding hydrogens is 741 g/mol. The summed E-state index contributed by atoms with van der Waals surface area (Å²) in [7, 11) is -4.61. The second kappa shape index (κ2) is 33.6. The maximum atomic E-state index is 12.7. The van der Waals surface area contributed by atoms with Crippen LogP contribution >= 0.6 is 0 Å². The Morgan fingerprint density at radius 1 is 0.607 bits per heavy atom. The molecule has 0 aromatic heterocycles. The van der Waals surface area contributed by atoms with Crippen LogP contribution in [0.3, 0.4) is 0 Å². The second-order valence-corrected chi connectivity index (χ2v) is 16.1. The highest BCUT2D eigenvalue weighted by Gasteiger charge is 2.46. The van der Waals surface area contributed by atoms with Crippen molar-refractivity contribution < 1.29 is 56.8 Å². The summed E-state index contributed by atoms with van der Waals surface area (Å²) in [6.45, 7) is 3.64. The first-order valence-electron chi connectivity index (χ1n) is 21.2. The highest BCUT2D eigenvalue weighted by molar-refractivity contribution is 7.85. The van der Waals surface area contributed by atoms with Gasteiger partial charge in [0.05, 0.1) is 6.61 Å². The smallest absolute Gasteiger partial charge is 0.306 e. The Morgan fingerprint density at radius 2 is 1.11 bits per heavy atom. The SMILES string of the molecule is CCCC/C=C/CCCCCCCC(=O)O[C@H](COC(=O)CCC/C=C/C/C=C/C/C=C/CCCCCCCC)CO[C@H]1O[C@H](CS(=O)(=O)O)[C@@H](O)C(O)C1O. The summed E-state index contributed by atoms with van der Waals surface area (Å²) in [5.41, 5.74) is 0. The van der Waals surface area contributed by atoms with Gasteiger partial charge in [0, 0.05) is 12.8 Å². The predicted octanol–water partition coefficient (Wildman–Crippen LogP) is 8.00. The fourth-order valence-electron chi connectivity index (χ4n) is 6.02. The minimum Gasteiger partial charge on any atom is -0.462 e. The first-order chi connectivity index (χ1) is 27.0. The van der Waals surface area contributed by atoms with E-state index in [1.807, 2.05) is 6.08 Å². The van der Waals surface area contributed by atoms with E-state index >= 15 is 0 Å². The molecule has 0 bridgehead atoms. The molecule has 0 saturated carbocycles. The lowest BCUT2D eigenvalue weighted by Crippen LogP contribution is -2.60. The number of carbonyl (C=O) groups excluding carboxylic acids is 2. The molecule has 1 fully saturated rings. The van der Waals surface area contributed by atoms with Crippen molar-refractivity contribution >= 4 is 22.1 Å². The van der Waals surface area contributed by atoms with Gasteiger partial charge in [0.15, 0.2) is 12.4 Å². The normalized spacial score (nSPS) is 21.1. The molecule has 2 unspecified atom stereocenters. The number of unbranched alkanes of at least 4 members (excludes halogenated alkanes) is 14. The minimum absolute atomic E-state index is 0.142. The Bertz CT molecular complexity index is 1230. The summed E-state index contributed by atoms with van der Waals surface area (Å²) in [5, 5.41) is 30.8. The molecule has 0 aliphatic carbocycles. The minimum atomic E-state index is -4.61. The van der Waals surface area contributed by atoms with Gasteiger partial charge in [-0.1, -0.05) is 127 Å². The van der Waals surface area contributed by atoms with Crippen LogP contribution in [0.1, 0.15) is 155 Å². The lowest BCUT2D eigenvalue weighted by Gasteiger charge is -2.40. The second-order valence-electron chi connectivity index (χ2n) is 14.6. The van der Waals surface area contributed by atoms with Crippen LogP contribution in [0.4, 0.5) is 0 Å². The van der Waals surface area contributed by atoms with Gasteiger partial charge in [0.25, 0.3) is 10.1 Å². The van der Waals surface area contributed by atoms with Gasteiger partial charge in [-0.3, -0.25) is 14.1 Å². The third-order valence-corrected chi connectivity index (χ3v) is 10.1. The predicted molar refractivity (Wildman–Crippen MR) is 219 cm³/mol. The Morgan fingerprint density at radius 3 is 1.71 bits per heavy atom. The molecular formula is C43H74O12S. The molecule has 0 aromatic rings. The van der Waals surface area contributed by atoms with E-state index in [2.05, 4.69) is 56.4 Å². The molecule has 1 aliphatic heterocycles. The Balaban J connectivity index is 2.51. The Hall–Kier alpha value is -2.39. The van der Waals surface area contributed by atoms with Crippen molar-refractivity contribution in [3.8, 4) is 0 Å². The topological polar surface area (TPSA) is 186 Å². The molecule has 4 N–H and O–H groups in total. The van der Waals surface area contributed by atoms with Gasteiger partial charge in [-0.15, -0.1) is 0 Å². The van der Waals surface area contributed by atoms with Gasteiger partial charge in [-0.2, -0.15) is 8.42 Å². The van der Waals surface area contributed by atoms with Crippen molar-refractivity contribution in [2.24, 2.45) is 0 Å². The van der Waals surface area contributed by atoms with E-state index in [4.69, 9.17) is 18.9 Å².